The first-order valence-electron chi connectivity index (χ1n) is 7.95. The van der Waals surface area contributed by atoms with Gasteiger partial charge in [-0.25, -0.2) is 0 Å². The van der Waals surface area contributed by atoms with E-state index >= 15 is 0 Å². The monoisotopic (exact) mass is 300 g/mol. The van der Waals surface area contributed by atoms with Crippen LogP contribution < -0.4 is 0 Å². The number of carbonyl (C=O) groups is 2. The molecule has 1 N–H and O–H groups in total. The summed E-state index contributed by atoms with van der Waals surface area (Å²) in [6.07, 6.45) is 6.73. The zero-order chi connectivity index (χ0) is 15.5. The Morgan fingerprint density at radius 2 is 1.57 bits per heavy atom. The molecule has 5 heteroatoms. The van der Waals surface area contributed by atoms with Gasteiger partial charge >= 0.3 is 5.97 Å². The Hall–Kier alpha value is -0.940. The summed E-state index contributed by atoms with van der Waals surface area (Å²) in [6, 6.07) is 0. The smallest absolute Gasteiger partial charge is 0.306 e. The van der Waals surface area contributed by atoms with Gasteiger partial charge < -0.3 is 19.4 Å². The summed E-state index contributed by atoms with van der Waals surface area (Å²) >= 11 is 0. The molecule has 0 aromatic heterocycles. The number of aliphatic carboxylic acids is 1. The lowest BCUT2D eigenvalue weighted by Gasteiger charge is -2.23. The maximum absolute atomic E-state index is 10.5. The third-order valence-electron chi connectivity index (χ3n) is 4.22. The fourth-order valence-electron chi connectivity index (χ4n) is 2.70. The molecule has 2 fully saturated rings. The van der Waals surface area contributed by atoms with Gasteiger partial charge in [0.25, 0.3) is 0 Å². The highest BCUT2D eigenvalue weighted by molar-refractivity contribution is 5.69. The fourth-order valence-corrected chi connectivity index (χ4v) is 2.70. The van der Waals surface area contributed by atoms with Crippen LogP contribution in [-0.2, 0) is 19.1 Å². The molecule has 0 aliphatic carbocycles. The Labute approximate surface area is 127 Å². The molecule has 2 saturated heterocycles. The second-order valence-corrected chi connectivity index (χ2v) is 5.99. The van der Waals surface area contributed by atoms with Crippen LogP contribution in [0.5, 0.6) is 0 Å². The Kier molecular flexibility index (Phi) is 9.26. The number of carboxylic acids is 1. The molecule has 2 heterocycles. The van der Waals surface area contributed by atoms with E-state index in [4.69, 9.17) is 14.6 Å². The number of carbonyl (C=O) groups excluding carboxylic acids is 1. The molecule has 0 radical (unpaired) electrons. The molecule has 1 unspecified atom stereocenters. The lowest BCUT2D eigenvalue weighted by molar-refractivity contribution is -0.142. The van der Waals surface area contributed by atoms with Crippen LogP contribution in [0.4, 0.5) is 0 Å². The first kappa shape index (κ1) is 18.1. The van der Waals surface area contributed by atoms with Gasteiger partial charge in [0.05, 0.1) is 5.92 Å². The molecule has 0 aromatic carbocycles. The minimum absolute atomic E-state index is 0.201. The third kappa shape index (κ3) is 8.17. The van der Waals surface area contributed by atoms with E-state index < -0.39 is 5.97 Å². The average molecular weight is 300 g/mol. The molecule has 122 valence electrons. The lowest BCUT2D eigenvalue weighted by atomic mass is 9.90. The summed E-state index contributed by atoms with van der Waals surface area (Å²) in [5.74, 6) is 0.288. The van der Waals surface area contributed by atoms with Crippen molar-refractivity contribution in [2.75, 3.05) is 26.4 Å². The van der Waals surface area contributed by atoms with Crippen molar-refractivity contribution >= 4 is 12.3 Å². The number of ether oxygens (including phenoxy) is 2. The minimum Gasteiger partial charge on any atom is -0.481 e. The number of rotatable bonds is 5. The van der Waals surface area contributed by atoms with Crippen LogP contribution in [0.3, 0.4) is 0 Å². The summed E-state index contributed by atoms with van der Waals surface area (Å²) in [7, 11) is 0. The van der Waals surface area contributed by atoms with Gasteiger partial charge in [0.1, 0.15) is 6.29 Å². The summed E-state index contributed by atoms with van der Waals surface area (Å²) in [5.41, 5.74) is 0. The molecule has 2 aliphatic rings. The van der Waals surface area contributed by atoms with E-state index in [1.54, 1.807) is 6.92 Å². The molecular weight excluding hydrogens is 272 g/mol. The molecular formula is C16H28O5. The normalized spacial score (nSPS) is 22.0. The van der Waals surface area contributed by atoms with E-state index in [2.05, 4.69) is 0 Å². The van der Waals surface area contributed by atoms with Crippen LogP contribution in [0.1, 0.15) is 45.4 Å². The zero-order valence-corrected chi connectivity index (χ0v) is 13.0. The molecule has 0 saturated carbocycles. The van der Waals surface area contributed by atoms with E-state index in [0.717, 1.165) is 71.2 Å². The molecule has 0 aromatic rings. The average Bonchev–Trinajstić information content (AvgIpc) is 2.50. The number of hydrogen-bond acceptors (Lipinski definition) is 4. The molecule has 5 nitrogen and oxygen atoms in total. The van der Waals surface area contributed by atoms with Crippen molar-refractivity contribution in [3.63, 3.8) is 0 Å². The van der Waals surface area contributed by atoms with E-state index in [-0.39, 0.29) is 5.92 Å². The topological polar surface area (TPSA) is 72.8 Å². The third-order valence-corrected chi connectivity index (χ3v) is 4.22. The van der Waals surface area contributed by atoms with Crippen LogP contribution in [0.25, 0.3) is 0 Å². The minimum atomic E-state index is -0.679. The van der Waals surface area contributed by atoms with Gasteiger partial charge in [0.15, 0.2) is 0 Å². The number of aldehydes is 1. The van der Waals surface area contributed by atoms with Crippen molar-refractivity contribution in [2.45, 2.75) is 45.4 Å². The maximum atomic E-state index is 10.5. The van der Waals surface area contributed by atoms with Crippen LogP contribution in [-0.4, -0.2) is 43.8 Å². The van der Waals surface area contributed by atoms with Gasteiger partial charge in [-0.05, 0) is 43.9 Å². The van der Waals surface area contributed by atoms with Crippen molar-refractivity contribution in [3.8, 4) is 0 Å². The Morgan fingerprint density at radius 3 is 2.00 bits per heavy atom. The van der Waals surface area contributed by atoms with Crippen molar-refractivity contribution in [3.05, 3.63) is 0 Å². The molecule has 0 bridgehead atoms. The summed E-state index contributed by atoms with van der Waals surface area (Å²) in [5, 5.41) is 8.68. The Balaban J connectivity index is 0.000000219. The molecule has 1 atom stereocenters. The van der Waals surface area contributed by atoms with Crippen LogP contribution >= 0.6 is 0 Å². The van der Waals surface area contributed by atoms with E-state index in [1.807, 2.05) is 0 Å². The molecule has 2 aliphatic heterocycles. The summed E-state index contributed by atoms with van der Waals surface area (Å²) in [6.45, 7) is 5.07. The Bertz CT molecular complexity index is 293. The predicted octanol–water partition coefficient (Wildman–Crippen LogP) is 2.53. The molecule has 21 heavy (non-hydrogen) atoms. The van der Waals surface area contributed by atoms with Gasteiger partial charge in [0, 0.05) is 32.8 Å². The lowest BCUT2D eigenvalue weighted by Crippen LogP contribution is -2.21. The van der Waals surface area contributed by atoms with E-state index in [9.17, 15) is 9.59 Å². The van der Waals surface area contributed by atoms with Crippen molar-refractivity contribution < 1.29 is 24.2 Å². The van der Waals surface area contributed by atoms with Gasteiger partial charge in [-0.2, -0.15) is 0 Å². The zero-order valence-electron chi connectivity index (χ0n) is 13.0. The van der Waals surface area contributed by atoms with Crippen molar-refractivity contribution in [1.29, 1.82) is 0 Å². The largest absolute Gasteiger partial charge is 0.481 e. The van der Waals surface area contributed by atoms with Gasteiger partial charge in [0.2, 0.25) is 0 Å². The summed E-state index contributed by atoms with van der Waals surface area (Å²) < 4.78 is 10.3. The summed E-state index contributed by atoms with van der Waals surface area (Å²) in [4.78, 5) is 20.6. The van der Waals surface area contributed by atoms with Crippen LogP contribution in [0, 0.1) is 17.8 Å². The van der Waals surface area contributed by atoms with Crippen LogP contribution in [0.15, 0.2) is 0 Å². The highest BCUT2D eigenvalue weighted by atomic mass is 16.5. The molecule has 0 spiro atoms. The van der Waals surface area contributed by atoms with E-state index in [1.165, 1.54) is 0 Å². The van der Waals surface area contributed by atoms with Crippen molar-refractivity contribution in [2.24, 2.45) is 17.8 Å². The quantitative estimate of drug-likeness (QED) is 0.790. The fraction of sp³-hybridized carbons (Fsp3) is 0.875. The Morgan fingerprint density at radius 1 is 1.10 bits per heavy atom. The van der Waals surface area contributed by atoms with Crippen LogP contribution in [0.2, 0.25) is 0 Å². The second-order valence-electron chi connectivity index (χ2n) is 5.99. The highest BCUT2D eigenvalue weighted by Gasteiger charge is 2.20. The second kappa shape index (κ2) is 10.7. The SMILES string of the molecule is CC(CC1CCOCC1)C(=O)O.O=CCC1CCOCC1. The highest BCUT2D eigenvalue weighted by Crippen LogP contribution is 2.22. The van der Waals surface area contributed by atoms with E-state index in [0.29, 0.717) is 11.8 Å². The first-order chi connectivity index (χ1) is 10.1. The van der Waals surface area contributed by atoms with Gasteiger partial charge in [-0.1, -0.05) is 6.92 Å². The number of hydrogen-bond donors (Lipinski definition) is 1. The van der Waals surface area contributed by atoms with Gasteiger partial charge in [-0.3, -0.25) is 4.79 Å². The number of carboxylic acid groups (broad SMARTS) is 1. The predicted molar refractivity (Wildman–Crippen MR) is 79.2 cm³/mol. The van der Waals surface area contributed by atoms with Gasteiger partial charge in [-0.15, -0.1) is 0 Å². The molecule has 2 rings (SSSR count). The maximum Gasteiger partial charge on any atom is 0.306 e. The standard InChI is InChI=1S/C9H16O3.C7H12O2/c1-7(9(10)11)6-8-2-4-12-5-3-8;8-4-1-7-2-5-9-6-3-7/h7-8H,2-6H2,1H3,(H,10,11);4,7H,1-3,5-6H2. The molecule has 0 amide bonds. The van der Waals surface area contributed by atoms with Crippen molar-refractivity contribution in [1.82, 2.24) is 0 Å². The first-order valence-corrected chi connectivity index (χ1v) is 7.95.